The predicted molar refractivity (Wildman–Crippen MR) is 224 cm³/mol. The smallest absolute Gasteiger partial charge is 0.230 e. The molecule has 2 heterocycles. The number of ether oxygens (including phenoxy) is 2. The Balaban J connectivity index is 0.000000332. The third kappa shape index (κ3) is 26.3. The zero-order chi connectivity index (χ0) is 49.4. The van der Waals surface area contributed by atoms with Crippen LogP contribution in [0.2, 0.25) is 0 Å². The number of hydrogen-bond donors (Lipinski definition) is 3. The molecule has 5 aliphatic rings. The molecule has 0 aromatic rings. The second-order valence-electron chi connectivity index (χ2n) is 16.6. The van der Waals surface area contributed by atoms with Crippen molar-refractivity contribution in [2.75, 3.05) is 19.8 Å². The highest BCUT2D eigenvalue weighted by Crippen LogP contribution is 2.33. The molecule has 0 amide bonds. The van der Waals surface area contributed by atoms with Crippen molar-refractivity contribution in [3.8, 4) is 0 Å². The molecule has 0 bridgehead atoms. The average Bonchev–Trinajstić information content (AvgIpc) is 4.14. The number of hydrogen-bond acceptors (Lipinski definition) is 24. The summed E-state index contributed by atoms with van der Waals surface area (Å²) < 4.78 is 9.70. The Hall–Kier alpha value is -0.960. The van der Waals surface area contributed by atoms with Crippen molar-refractivity contribution in [3.05, 3.63) is 0 Å². The normalized spacial score (nSPS) is 31.5. The molecule has 3 aliphatic carbocycles. The molecule has 394 valence electrons. The maximum atomic E-state index is 9.24. The van der Waals surface area contributed by atoms with Gasteiger partial charge in [0.15, 0.2) is 12.6 Å². The second kappa shape index (κ2) is 32.8. The van der Waals surface area contributed by atoms with E-state index in [0.717, 1.165) is 0 Å². The first-order chi connectivity index (χ1) is 31.3. The largest absolute Gasteiger partial charge is 0.391 e. The zero-order valence-electron chi connectivity index (χ0n) is 41.5. The van der Waals surface area contributed by atoms with Crippen molar-refractivity contribution in [1.29, 1.82) is 0 Å². The predicted octanol–water partition coefficient (Wildman–Crippen LogP) is 5.55. The lowest BCUT2D eigenvalue weighted by Crippen LogP contribution is -2.40. The lowest BCUT2D eigenvalue weighted by Gasteiger charge is -2.31. The summed E-state index contributed by atoms with van der Waals surface area (Å²) in [7, 11) is 0. The van der Waals surface area contributed by atoms with Crippen LogP contribution in [0, 0.1) is 0 Å². The summed E-state index contributed by atoms with van der Waals surface area (Å²) in [6.07, 6.45) is -1.27. The highest BCUT2D eigenvalue weighted by Gasteiger charge is 2.46. The molecule has 5 fully saturated rings. The minimum atomic E-state index is -0.976. The van der Waals surface area contributed by atoms with Gasteiger partial charge in [-0.2, -0.15) is 9.78 Å². The van der Waals surface area contributed by atoms with E-state index in [1.807, 2.05) is 41.5 Å². The van der Waals surface area contributed by atoms with E-state index in [0.29, 0.717) is 64.1 Å². The van der Waals surface area contributed by atoms with Gasteiger partial charge in [0, 0.05) is 25.7 Å². The minimum Gasteiger partial charge on any atom is -0.391 e. The molecule has 0 spiro atoms. The quantitative estimate of drug-likeness (QED) is 0.0315. The molecule has 3 saturated carbocycles. The number of epoxide rings is 1. The zero-order valence-corrected chi connectivity index (χ0v) is 41.5. The second-order valence-corrected chi connectivity index (χ2v) is 16.6. The average molecular weight is 971 g/mol. The van der Waals surface area contributed by atoms with Gasteiger partial charge in [-0.15, -0.1) is 0 Å². The lowest BCUT2D eigenvalue weighted by molar-refractivity contribution is -0.511. The van der Waals surface area contributed by atoms with E-state index in [9.17, 15) is 5.11 Å². The summed E-state index contributed by atoms with van der Waals surface area (Å²) in [4.78, 5) is 95.9. The van der Waals surface area contributed by atoms with Crippen LogP contribution in [0.1, 0.15) is 136 Å². The highest BCUT2D eigenvalue weighted by molar-refractivity contribution is 4.88. The van der Waals surface area contributed by atoms with Crippen molar-refractivity contribution in [3.63, 3.8) is 0 Å². The lowest BCUT2D eigenvalue weighted by atomic mass is 10.2. The molecule has 24 nitrogen and oxygen atoms in total. The van der Waals surface area contributed by atoms with E-state index in [1.54, 1.807) is 48.5 Å². The summed E-state index contributed by atoms with van der Waals surface area (Å²) in [5.41, 5.74) is 0. The molecular formula is C42H82O24. The molecule has 19 atom stereocenters. The van der Waals surface area contributed by atoms with Crippen LogP contribution in [0.3, 0.4) is 0 Å². The minimum absolute atomic E-state index is 0.155. The van der Waals surface area contributed by atoms with Gasteiger partial charge in [0.2, 0.25) is 5.79 Å². The fraction of sp³-hybridized carbons (Fsp3) is 1.00. The summed E-state index contributed by atoms with van der Waals surface area (Å²) in [5.74, 6) is -0.976. The maximum Gasteiger partial charge on any atom is 0.230 e. The third-order valence-electron chi connectivity index (χ3n) is 10.2. The Morgan fingerprint density at radius 3 is 1.17 bits per heavy atom. The summed E-state index contributed by atoms with van der Waals surface area (Å²) in [6, 6.07) is 0. The van der Waals surface area contributed by atoms with Crippen molar-refractivity contribution in [1.82, 2.24) is 0 Å². The molecule has 0 radical (unpaired) electrons. The molecule has 0 aromatic heterocycles. The van der Waals surface area contributed by atoms with Crippen molar-refractivity contribution < 1.29 is 118 Å². The Morgan fingerprint density at radius 2 is 0.833 bits per heavy atom. The van der Waals surface area contributed by atoms with Crippen molar-refractivity contribution >= 4 is 0 Å². The van der Waals surface area contributed by atoms with Crippen LogP contribution in [-0.4, -0.2) is 151 Å². The van der Waals surface area contributed by atoms with Crippen molar-refractivity contribution in [2.45, 2.75) is 252 Å². The molecule has 24 heteroatoms. The van der Waals surface area contributed by atoms with Crippen molar-refractivity contribution in [2.24, 2.45) is 0 Å². The van der Waals surface area contributed by atoms with Crippen LogP contribution < -0.4 is 0 Å². The molecule has 0 aromatic carbocycles. The van der Waals surface area contributed by atoms with Crippen LogP contribution in [0.25, 0.3) is 0 Å². The van der Waals surface area contributed by atoms with Gasteiger partial charge in [-0.25, -0.2) is 83.1 Å². The van der Waals surface area contributed by atoms with E-state index in [-0.39, 0.29) is 79.4 Å². The van der Waals surface area contributed by atoms with Gasteiger partial charge in [-0.1, -0.05) is 6.92 Å². The fourth-order valence-corrected chi connectivity index (χ4v) is 3.92. The van der Waals surface area contributed by atoms with Gasteiger partial charge in [-0.05, 0) is 96.9 Å². The molecule has 19 unspecified atom stereocenters. The van der Waals surface area contributed by atoms with Gasteiger partial charge < -0.3 is 19.7 Å². The molecule has 5 rings (SSSR count). The third-order valence-corrected chi connectivity index (χ3v) is 10.2. The summed E-state index contributed by atoms with van der Waals surface area (Å²) in [5, 5.41) is 26.5. The highest BCUT2D eigenvalue weighted by atomic mass is 17.3. The van der Waals surface area contributed by atoms with Gasteiger partial charge in [0.25, 0.3) is 0 Å². The SMILES string of the molecule is CC1OC1C.CCOOC(C)(CC)OOC1CC1OOC(C)C(C)OOC1CC1OO.CCOOC(C)C(C)OOC1CC(O)O1.CCOOC(C)C(C)OOC1CC1OOC(C)C(C)O. The van der Waals surface area contributed by atoms with E-state index >= 15 is 0 Å². The Labute approximate surface area is 389 Å². The van der Waals surface area contributed by atoms with Gasteiger partial charge in [-0.3, -0.25) is 5.26 Å². The fourth-order valence-electron chi connectivity index (χ4n) is 3.92. The molecular weight excluding hydrogens is 888 g/mol. The van der Waals surface area contributed by atoms with Gasteiger partial charge in [0.05, 0.1) is 44.6 Å². The Morgan fingerprint density at radius 1 is 0.485 bits per heavy atom. The van der Waals surface area contributed by atoms with Gasteiger partial charge in [0.1, 0.15) is 79.4 Å². The standard InChI is InChI=1S/C16H30O10.C13H26O7.C9H18O6.C4H8O/c1-6-16(5,25-18-7-2)26-24-15-9-14(15)23-21-11(4)10(3)20-22-13-8-12(13)19-17;1-6-15-16-10(4)11(5)18-20-13-7-12(13)19-17-9(3)8(2)14;1-4-11-13-6(2)7(3)14-15-9-5-8(10)12-9;1-3-4(2)5-3/h10-15,17H,6-9H2,1-5H3;8-14H,6-7H2,1-5H3;6-10H,4-5H2,1-3H3;3-4H,1-2H3. The van der Waals surface area contributed by atoms with Crippen LogP contribution in [-0.2, 0) is 102 Å². The molecule has 3 N–H and O–H groups in total. The molecule has 2 saturated heterocycles. The maximum absolute atomic E-state index is 9.24. The van der Waals surface area contributed by atoms with E-state index in [2.05, 4.69) is 18.7 Å². The topological polar surface area (TPSA) is 258 Å². The Bertz CT molecular complexity index is 1200. The monoisotopic (exact) mass is 971 g/mol. The molecule has 2 aliphatic heterocycles. The molecule has 66 heavy (non-hydrogen) atoms. The van der Waals surface area contributed by atoms with E-state index in [1.165, 1.54) is 0 Å². The first-order valence-electron chi connectivity index (χ1n) is 23.1. The Kier molecular flexibility index (Phi) is 30.4. The van der Waals surface area contributed by atoms with E-state index < -0.39 is 24.5 Å². The number of aliphatic hydroxyl groups excluding tert-OH is 2. The van der Waals surface area contributed by atoms with Crippen LogP contribution >= 0.6 is 0 Å². The number of aliphatic hydroxyl groups is 2. The van der Waals surface area contributed by atoms with Crippen LogP contribution in [0.4, 0.5) is 0 Å². The van der Waals surface area contributed by atoms with Gasteiger partial charge >= 0.3 is 0 Å². The van der Waals surface area contributed by atoms with Crippen LogP contribution in [0.15, 0.2) is 0 Å². The summed E-state index contributed by atoms with van der Waals surface area (Å²) >= 11 is 0. The van der Waals surface area contributed by atoms with E-state index in [4.69, 9.17) is 108 Å². The first-order valence-corrected chi connectivity index (χ1v) is 23.1. The number of rotatable bonds is 33. The summed E-state index contributed by atoms with van der Waals surface area (Å²) in [6.45, 7) is 28.8. The van der Waals surface area contributed by atoms with Crippen LogP contribution in [0.5, 0.6) is 0 Å². The first kappa shape index (κ1) is 61.2.